The molecule has 0 saturated carbocycles. The molecular weight excluding hydrogens is 761 g/mol. The van der Waals surface area contributed by atoms with Crippen molar-refractivity contribution in [2.75, 3.05) is 26.4 Å². The van der Waals surface area contributed by atoms with Gasteiger partial charge in [0.2, 0.25) is 0 Å². The lowest BCUT2D eigenvalue weighted by molar-refractivity contribution is -0.124. The molecular formula is C40H44N4O6S4. The van der Waals surface area contributed by atoms with Gasteiger partial charge in [0.1, 0.15) is 31.6 Å². The summed E-state index contributed by atoms with van der Waals surface area (Å²) >= 11 is 17.9. The second kappa shape index (κ2) is 20.3. The second-order valence-corrected chi connectivity index (χ2v) is 14.9. The molecule has 14 heteroatoms. The molecule has 1 aliphatic carbocycles. The highest BCUT2D eigenvalue weighted by Crippen LogP contribution is 2.39. The van der Waals surface area contributed by atoms with Gasteiger partial charge in [0.15, 0.2) is 13.2 Å². The molecule has 0 radical (unpaired) electrons. The first-order chi connectivity index (χ1) is 26.2. The first kappa shape index (κ1) is 40.7. The van der Waals surface area contributed by atoms with Gasteiger partial charge in [-0.3, -0.25) is 31.3 Å². The van der Waals surface area contributed by atoms with Crippen LogP contribution in [0.5, 0.6) is 23.0 Å². The van der Waals surface area contributed by atoms with Crippen LogP contribution in [-0.2, 0) is 35.3 Å². The van der Waals surface area contributed by atoms with Crippen molar-refractivity contribution in [2.24, 2.45) is 0 Å². The fourth-order valence-electron chi connectivity index (χ4n) is 6.23. The summed E-state index contributed by atoms with van der Waals surface area (Å²) in [5.41, 5.74) is 17.5. The zero-order valence-electron chi connectivity index (χ0n) is 30.2. The molecule has 284 valence electrons. The average Bonchev–Trinajstić information content (AvgIpc) is 3.15. The van der Waals surface area contributed by atoms with Crippen LogP contribution in [0.2, 0.25) is 0 Å². The molecule has 0 spiro atoms. The van der Waals surface area contributed by atoms with Gasteiger partial charge in [0, 0.05) is 25.7 Å². The molecule has 2 amide bonds. The molecule has 0 atom stereocenters. The van der Waals surface area contributed by atoms with E-state index in [2.05, 4.69) is 85.1 Å². The molecule has 0 fully saturated rings. The number of hydrogen-bond acceptors (Lipinski definition) is 8. The van der Waals surface area contributed by atoms with E-state index >= 15 is 0 Å². The normalized spacial score (nSPS) is 11.8. The third kappa shape index (κ3) is 11.3. The number of amides is 2. The van der Waals surface area contributed by atoms with Crippen LogP contribution in [0.3, 0.4) is 0 Å². The minimum Gasteiger partial charge on any atom is -0.493 e. The van der Waals surface area contributed by atoms with Gasteiger partial charge < -0.3 is 18.9 Å². The molecule has 4 N–H and O–H groups in total. The Morgan fingerprint density at radius 3 is 1.00 bits per heavy atom. The third-order valence-corrected chi connectivity index (χ3v) is 8.88. The van der Waals surface area contributed by atoms with Crippen molar-refractivity contribution >= 4 is 70.1 Å². The Balaban J connectivity index is 1.66. The van der Waals surface area contributed by atoms with Gasteiger partial charge in [-0.15, -0.1) is 25.3 Å². The Morgan fingerprint density at radius 2 is 0.759 bits per heavy atom. The smallest absolute Gasteiger partial charge is 0.276 e. The molecule has 54 heavy (non-hydrogen) atoms. The summed E-state index contributed by atoms with van der Waals surface area (Å²) in [5, 5.41) is 0. The van der Waals surface area contributed by atoms with Crippen molar-refractivity contribution in [3.05, 3.63) is 117 Å². The zero-order valence-corrected chi connectivity index (χ0v) is 33.6. The Labute approximate surface area is 337 Å². The predicted molar refractivity (Wildman–Crippen MR) is 225 cm³/mol. The maximum atomic E-state index is 12.8. The summed E-state index contributed by atoms with van der Waals surface area (Å²) in [6.07, 6.45) is 3.52. The van der Waals surface area contributed by atoms with Crippen LogP contribution >= 0.6 is 49.7 Å². The molecule has 5 rings (SSSR count). The molecule has 1 aliphatic rings. The fourth-order valence-corrected chi connectivity index (χ4v) is 6.44. The van der Waals surface area contributed by atoms with Crippen molar-refractivity contribution in [2.45, 2.75) is 52.4 Å². The zero-order chi connectivity index (χ0) is 38.5. The first-order valence-corrected chi connectivity index (χ1v) is 19.4. The van der Waals surface area contributed by atoms with Gasteiger partial charge in [-0.25, -0.2) is 0 Å². The van der Waals surface area contributed by atoms with Crippen LogP contribution in [0.15, 0.2) is 72.8 Å². The number of nitrogens with one attached hydrogen (secondary N) is 4. The van der Waals surface area contributed by atoms with E-state index in [1.54, 1.807) is 0 Å². The highest BCUT2D eigenvalue weighted by Gasteiger charge is 2.22. The summed E-state index contributed by atoms with van der Waals surface area (Å²) in [6.45, 7) is 4.68. The van der Waals surface area contributed by atoms with Crippen LogP contribution in [0.25, 0.3) is 0 Å². The molecule has 0 aromatic heterocycles. The van der Waals surface area contributed by atoms with Gasteiger partial charge in [0.25, 0.3) is 11.8 Å². The van der Waals surface area contributed by atoms with Crippen LogP contribution < -0.4 is 40.7 Å². The number of hydrogen-bond donors (Lipinski definition) is 6. The Hall–Kier alpha value is -4.50. The summed E-state index contributed by atoms with van der Waals surface area (Å²) in [5.74, 6) is 1.95. The predicted octanol–water partition coefficient (Wildman–Crippen LogP) is 6.37. The Morgan fingerprint density at radius 1 is 0.500 bits per heavy atom. The molecule has 0 heterocycles. The molecule has 4 aromatic rings. The lowest BCUT2D eigenvalue weighted by atomic mass is 9.91. The van der Waals surface area contributed by atoms with E-state index < -0.39 is 11.8 Å². The van der Waals surface area contributed by atoms with Crippen molar-refractivity contribution in [1.82, 2.24) is 21.7 Å². The highest BCUT2D eigenvalue weighted by molar-refractivity contribution is 8.11. The molecule has 8 bridgehead atoms. The Bertz CT molecular complexity index is 1770. The monoisotopic (exact) mass is 804 g/mol. The summed E-state index contributed by atoms with van der Waals surface area (Å²) in [4.78, 5) is 25.6. The molecule has 4 aromatic carbocycles. The summed E-state index contributed by atoms with van der Waals surface area (Å²) in [6, 6.07) is 24.3. The van der Waals surface area contributed by atoms with E-state index in [0.29, 0.717) is 50.4 Å². The van der Waals surface area contributed by atoms with E-state index in [-0.39, 0.29) is 21.9 Å². The first-order valence-electron chi connectivity index (χ1n) is 17.7. The van der Waals surface area contributed by atoms with E-state index in [0.717, 1.165) is 68.8 Å². The number of thiol groups is 2. The van der Waals surface area contributed by atoms with Crippen molar-refractivity contribution < 1.29 is 28.5 Å². The fraction of sp³-hybridized carbons (Fsp3) is 0.300. The minimum atomic E-state index is -0.407. The lowest BCUT2D eigenvalue weighted by Crippen LogP contribution is -2.41. The minimum absolute atomic E-state index is 0.138. The number of carbonyl (C=O) groups excluding carboxylic acids is 2. The molecule has 0 saturated heterocycles. The second-order valence-electron chi connectivity index (χ2n) is 12.6. The molecule has 10 nitrogen and oxygen atoms in total. The van der Waals surface area contributed by atoms with Gasteiger partial charge in [0.05, 0.1) is 13.2 Å². The van der Waals surface area contributed by atoms with Crippen LogP contribution in [0.1, 0.15) is 71.2 Å². The highest BCUT2D eigenvalue weighted by atomic mass is 32.1. The number of rotatable bonds is 12. The van der Waals surface area contributed by atoms with Crippen LogP contribution in [0, 0.1) is 0 Å². The van der Waals surface area contributed by atoms with Gasteiger partial charge in [-0.2, -0.15) is 0 Å². The van der Waals surface area contributed by atoms with Crippen molar-refractivity contribution in [3.8, 4) is 23.0 Å². The average molecular weight is 805 g/mol. The van der Waals surface area contributed by atoms with Gasteiger partial charge in [-0.1, -0.05) is 111 Å². The SMILES string of the molecule is CCCOc1c2cccc1Cc1cccc(c1OCC(=O)NNC(=S)S)Cc1cccc(c1OCCC)Cc1cccc(c1OCC(=O)NNC(=S)S)C2. The number of para-hydroxylation sites is 4. The van der Waals surface area contributed by atoms with Gasteiger partial charge in [-0.05, 0) is 57.3 Å². The third-order valence-electron chi connectivity index (χ3n) is 8.45. The standard InChI is InChI=1S/C40H44N4O6S4/c1-3-17-47-35-25-9-5-10-26(35)20-30-14-8-16-32(38(30)50-24-34(46)42-44-40(53)54)22-28-12-6-11-27(36(28)48-18-4-2)21-31-15-7-13-29(19-25)37(31)49-23-33(45)41-43-39(51)52/h5-16H,3-4,17-24H2,1-2H3,(H,41,45)(H,42,46)(H2,43,51,52)(H2,44,53,54). The van der Waals surface area contributed by atoms with Gasteiger partial charge >= 0.3 is 0 Å². The van der Waals surface area contributed by atoms with Crippen molar-refractivity contribution in [1.29, 1.82) is 0 Å². The number of fused-ring (bicyclic) bond motifs is 8. The Kier molecular flexibility index (Phi) is 15.3. The van der Waals surface area contributed by atoms with Crippen molar-refractivity contribution in [3.63, 3.8) is 0 Å². The number of thiocarbonyl (C=S) groups is 2. The molecule has 0 aliphatic heterocycles. The number of benzene rings is 4. The maximum Gasteiger partial charge on any atom is 0.276 e. The largest absolute Gasteiger partial charge is 0.493 e. The van der Waals surface area contributed by atoms with E-state index in [9.17, 15) is 9.59 Å². The van der Waals surface area contributed by atoms with E-state index in [1.807, 2.05) is 48.5 Å². The molecule has 0 unspecified atom stereocenters. The lowest BCUT2D eigenvalue weighted by Gasteiger charge is -2.22. The number of ether oxygens (including phenoxy) is 4. The number of hydrazine groups is 2. The van der Waals surface area contributed by atoms with Crippen LogP contribution in [-0.4, -0.2) is 46.9 Å². The van der Waals surface area contributed by atoms with E-state index in [1.165, 1.54) is 0 Å². The quantitative estimate of drug-likeness (QED) is 0.0483. The van der Waals surface area contributed by atoms with E-state index in [4.69, 9.17) is 43.4 Å². The topological polar surface area (TPSA) is 119 Å². The number of carbonyl (C=O) groups is 2. The van der Waals surface area contributed by atoms with Crippen LogP contribution in [0.4, 0.5) is 0 Å². The summed E-state index contributed by atoms with van der Waals surface area (Å²) in [7, 11) is 0. The summed E-state index contributed by atoms with van der Waals surface area (Å²) < 4.78 is 26.0. The maximum absolute atomic E-state index is 12.8.